The first-order valence-corrected chi connectivity index (χ1v) is 3.49. The van der Waals surface area contributed by atoms with Gasteiger partial charge in [0.1, 0.15) is 0 Å². The molecule has 1 saturated heterocycles. The molecule has 3 nitrogen and oxygen atoms in total. The van der Waals surface area contributed by atoms with E-state index in [9.17, 15) is 13.6 Å². The summed E-state index contributed by atoms with van der Waals surface area (Å²) in [6.07, 6.45) is 2.31. The van der Waals surface area contributed by atoms with Gasteiger partial charge in [-0.2, -0.15) is 0 Å². The molecule has 0 saturated carbocycles. The number of rotatable bonds is 3. The number of carbonyl (C=O) groups is 1. The molecule has 0 aromatic rings. The number of aliphatic carboxylic acids is 1. The van der Waals surface area contributed by atoms with Crippen molar-refractivity contribution in [3.05, 3.63) is 12.2 Å². The van der Waals surface area contributed by atoms with Crippen molar-refractivity contribution >= 4 is 18.4 Å². The van der Waals surface area contributed by atoms with E-state index >= 15 is 0 Å². The predicted molar refractivity (Wildman–Crippen MR) is 45.4 cm³/mol. The van der Waals surface area contributed by atoms with Crippen LogP contribution in [0.4, 0.5) is 8.78 Å². The lowest BCUT2D eigenvalue weighted by molar-refractivity contribution is -0.131. The largest absolute Gasteiger partial charge is 0.478 e. The van der Waals surface area contributed by atoms with Crippen LogP contribution < -0.4 is 0 Å². The van der Waals surface area contributed by atoms with E-state index in [0.717, 1.165) is 6.08 Å². The van der Waals surface area contributed by atoms with E-state index in [-0.39, 0.29) is 32.0 Å². The molecule has 1 aliphatic rings. The standard InChI is InChI=1S/C7H9F2NO2.ClH/c8-7(9)4-10(5-7)3-1-2-6(11)12;/h1-2H,3-5H2,(H,11,12);1H/b2-1+;. The molecule has 76 valence electrons. The van der Waals surface area contributed by atoms with E-state index in [2.05, 4.69) is 0 Å². The minimum absolute atomic E-state index is 0. The molecule has 13 heavy (non-hydrogen) atoms. The molecule has 0 spiro atoms. The van der Waals surface area contributed by atoms with E-state index < -0.39 is 11.9 Å². The molecule has 0 aromatic heterocycles. The monoisotopic (exact) mass is 213 g/mol. The zero-order valence-electron chi connectivity index (χ0n) is 6.74. The van der Waals surface area contributed by atoms with Crippen LogP contribution in [-0.4, -0.2) is 41.5 Å². The Balaban J connectivity index is 0.00000144. The summed E-state index contributed by atoms with van der Waals surface area (Å²) in [7, 11) is 0. The van der Waals surface area contributed by atoms with Gasteiger partial charge in [0.05, 0.1) is 13.1 Å². The number of carboxylic acids is 1. The van der Waals surface area contributed by atoms with Crippen molar-refractivity contribution in [1.82, 2.24) is 4.90 Å². The maximum Gasteiger partial charge on any atom is 0.328 e. The fourth-order valence-corrected chi connectivity index (χ4v) is 1.04. The van der Waals surface area contributed by atoms with Crippen LogP contribution in [0.2, 0.25) is 0 Å². The summed E-state index contributed by atoms with van der Waals surface area (Å²) in [4.78, 5) is 11.4. The summed E-state index contributed by atoms with van der Waals surface area (Å²) >= 11 is 0. The topological polar surface area (TPSA) is 40.5 Å². The van der Waals surface area contributed by atoms with Crippen LogP contribution in [0.1, 0.15) is 0 Å². The number of nitrogens with zero attached hydrogens (tertiary/aromatic N) is 1. The SMILES string of the molecule is Cl.O=C(O)/C=C/CN1CC(F)(F)C1. The van der Waals surface area contributed by atoms with Crippen molar-refractivity contribution in [1.29, 1.82) is 0 Å². The summed E-state index contributed by atoms with van der Waals surface area (Å²) in [5.41, 5.74) is 0. The molecule has 0 unspecified atom stereocenters. The van der Waals surface area contributed by atoms with E-state index in [1.54, 1.807) is 0 Å². The molecule has 0 atom stereocenters. The highest BCUT2D eigenvalue weighted by atomic mass is 35.5. The number of carboxylic acid groups (broad SMARTS) is 1. The molecule has 1 aliphatic heterocycles. The summed E-state index contributed by atoms with van der Waals surface area (Å²) < 4.78 is 24.4. The lowest BCUT2D eigenvalue weighted by Crippen LogP contribution is -2.55. The zero-order valence-corrected chi connectivity index (χ0v) is 7.56. The van der Waals surface area contributed by atoms with Gasteiger partial charge in [0.15, 0.2) is 0 Å². The lowest BCUT2D eigenvalue weighted by Gasteiger charge is -2.37. The average Bonchev–Trinajstić information content (AvgIpc) is 1.82. The third-order valence-electron chi connectivity index (χ3n) is 1.53. The molecule has 1 N–H and O–H groups in total. The quantitative estimate of drug-likeness (QED) is 0.711. The van der Waals surface area contributed by atoms with Crippen molar-refractivity contribution in [2.24, 2.45) is 0 Å². The highest BCUT2D eigenvalue weighted by Crippen LogP contribution is 2.25. The van der Waals surface area contributed by atoms with E-state index in [1.807, 2.05) is 0 Å². The average molecular weight is 214 g/mol. The highest BCUT2D eigenvalue weighted by Gasteiger charge is 2.42. The Hall–Kier alpha value is -0.680. The Bertz CT molecular complexity index is 213. The molecule has 0 aliphatic carbocycles. The normalized spacial score (nSPS) is 20.8. The molecule has 0 radical (unpaired) electrons. The molecule has 1 rings (SSSR count). The predicted octanol–water partition coefficient (Wildman–Crippen LogP) is 1.000. The van der Waals surface area contributed by atoms with Crippen molar-refractivity contribution in [3.63, 3.8) is 0 Å². The Morgan fingerprint density at radius 2 is 2.08 bits per heavy atom. The number of hydrogen-bond acceptors (Lipinski definition) is 2. The highest BCUT2D eigenvalue weighted by molar-refractivity contribution is 5.85. The summed E-state index contributed by atoms with van der Waals surface area (Å²) in [6, 6.07) is 0. The van der Waals surface area contributed by atoms with Gasteiger partial charge >= 0.3 is 5.97 Å². The molecule has 0 amide bonds. The Labute approximate surface area is 80.4 Å². The first-order chi connectivity index (χ1) is 5.49. The van der Waals surface area contributed by atoms with Crippen LogP contribution in [0.3, 0.4) is 0 Å². The minimum Gasteiger partial charge on any atom is -0.478 e. The Morgan fingerprint density at radius 1 is 1.54 bits per heavy atom. The second-order valence-electron chi connectivity index (χ2n) is 2.77. The van der Waals surface area contributed by atoms with Crippen molar-refractivity contribution in [3.8, 4) is 0 Å². The van der Waals surface area contributed by atoms with E-state index in [0.29, 0.717) is 0 Å². The molecule has 6 heteroatoms. The van der Waals surface area contributed by atoms with Crippen LogP contribution in [0.25, 0.3) is 0 Å². The van der Waals surface area contributed by atoms with Crippen molar-refractivity contribution in [2.75, 3.05) is 19.6 Å². The minimum atomic E-state index is -2.57. The van der Waals surface area contributed by atoms with Crippen LogP contribution in [0.5, 0.6) is 0 Å². The van der Waals surface area contributed by atoms with Crippen molar-refractivity contribution < 1.29 is 18.7 Å². The first-order valence-electron chi connectivity index (χ1n) is 3.49. The van der Waals surface area contributed by atoms with Gasteiger partial charge in [-0.05, 0) is 0 Å². The van der Waals surface area contributed by atoms with Crippen LogP contribution >= 0.6 is 12.4 Å². The summed E-state index contributed by atoms with van der Waals surface area (Å²) in [5.74, 6) is -3.63. The van der Waals surface area contributed by atoms with Crippen molar-refractivity contribution in [2.45, 2.75) is 5.92 Å². The lowest BCUT2D eigenvalue weighted by atomic mass is 10.1. The van der Waals surface area contributed by atoms with Gasteiger partial charge in [0.25, 0.3) is 5.92 Å². The van der Waals surface area contributed by atoms with Crippen LogP contribution in [0.15, 0.2) is 12.2 Å². The van der Waals surface area contributed by atoms with Gasteiger partial charge in [-0.1, -0.05) is 6.08 Å². The summed E-state index contributed by atoms with van der Waals surface area (Å²) in [5, 5.41) is 8.17. The van der Waals surface area contributed by atoms with Gasteiger partial charge in [-0.3, -0.25) is 4.90 Å². The number of halogens is 3. The first kappa shape index (κ1) is 12.3. The van der Waals surface area contributed by atoms with E-state index in [4.69, 9.17) is 5.11 Å². The number of hydrogen-bond donors (Lipinski definition) is 1. The second kappa shape index (κ2) is 4.53. The zero-order chi connectivity index (χ0) is 9.19. The van der Waals surface area contributed by atoms with Gasteiger partial charge in [0.2, 0.25) is 0 Å². The maximum absolute atomic E-state index is 12.2. The number of likely N-dealkylation sites (tertiary alicyclic amines) is 1. The Morgan fingerprint density at radius 3 is 2.46 bits per heavy atom. The second-order valence-corrected chi connectivity index (χ2v) is 2.77. The van der Waals surface area contributed by atoms with Crippen LogP contribution in [-0.2, 0) is 4.79 Å². The van der Waals surface area contributed by atoms with E-state index in [1.165, 1.54) is 11.0 Å². The van der Waals surface area contributed by atoms with Gasteiger partial charge in [-0.15, -0.1) is 12.4 Å². The number of alkyl halides is 2. The Kier molecular flexibility index (Phi) is 4.29. The molecular formula is C7H10ClF2NO2. The van der Waals surface area contributed by atoms with Crippen LogP contribution in [0, 0.1) is 0 Å². The smallest absolute Gasteiger partial charge is 0.328 e. The molecule has 1 fully saturated rings. The molecular weight excluding hydrogens is 204 g/mol. The third kappa shape index (κ3) is 4.19. The summed E-state index contributed by atoms with van der Waals surface area (Å²) in [6.45, 7) is -0.254. The molecule has 1 heterocycles. The maximum atomic E-state index is 12.2. The fourth-order valence-electron chi connectivity index (χ4n) is 1.04. The van der Waals surface area contributed by atoms with Gasteiger partial charge in [0, 0.05) is 12.6 Å². The third-order valence-corrected chi connectivity index (χ3v) is 1.53. The fraction of sp³-hybridized carbons (Fsp3) is 0.571. The molecule has 0 bridgehead atoms. The van der Waals surface area contributed by atoms with Gasteiger partial charge in [-0.25, -0.2) is 13.6 Å². The van der Waals surface area contributed by atoms with Gasteiger partial charge < -0.3 is 5.11 Å². The molecule has 0 aromatic carbocycles.